The number of aryl methyl sites for hydroxylation is 1. The van der Waals surface area contributed by atoms with E-state index in [1.54, 1.807) is 24.9 Å². The molecule has 0 aliphatic carbocycles. The molecule has 0 saturated carbocycles. The Morgan fingerprint density at radius 2 is 1.96 bits per heavy atom. The van der Waals surface area contributed by atoms with E-state index in [-0.39, 0.29) is 0 Å². The van der Waals surface area contributed by atoms with Crippen LogP contribution in [0.1, 0.15) is 31.4 Å². The second kappa shape index (κ2) is 8.93. The van der Waals surface area contributed by atoms with Crippen LogP contribution in [0.2, 0.25) is 0 Å². The predicted octanol–water partition coefficient (Wildman–Crippen LogP) is 3.79. The first kappa shape index (κ1) is 18.6. The Hall–Kier alpha value is -2.80. The van der Waals surface area contributed by atoms with Crippen molar-refractivity contribution in [3.8, 4) is 22.5 Å². The zero-order valence-electron chi connectivity index (χ0n) is 16.3. The highest BCUT2D eigenvalue weighted by Crippen LogP contribution is 2.31. The minimum Gasteiger partial charge on any atom is -0.469 e. The van der Waals surface area contributed by atoms with Crippen LogP contribution in [-0.2, 0) is 0 Å². The van der Waals surface area contributed by atoms with Gasteiger partial charge >= 0.3 is 0 Å². The summed E-state index contributed by atoms with van der Waals surface area (Å²) in [7, 11) is 0. The predicted molar refractivity (Wildman–Crippen MR) is 109 cm³/mol. The van der Waals surface area contributed by atoms with Crippen LogP contribution in [0.4, 0.5) is 5.95 Å². The maximum absolute atomic E-state index is 5.49. The Balaban J connectivity index is 1.49. The van der Waals surface area contributed by atoms with Gasteiger partial charge in [0, 0.05) is 36.3 Å². The van der Waals surface area contributed by atoms with Crippen LogP contribution in [-0.4, -0.2) is 51.0 Å². The van der Waals surface area contributed by atoms with Crippen LogP contribution in [0.5, 0.6) is 0 Å². The molecule has 0 unspecified atom stereocenters. The lowest BCUT2D eigenvalue weighted by Gasteiger charge is -2.26. The molecule has 3 aromatic rings. The fourth-order valence-corrected chi connectivity index (χ4v) is 3.61. The van der Waals surface area contributed by atoms with E-state index in [1.165, 1.54) is 32.4 Å². The van der Waals surface area contributed by atoms with Crippen molar-refractivity contribution in [2.24, 2.45) is 0 Å². The van der Waals surface area contributed by atoms with Crippen LogP contribution in [0.15, 0.2) is 41.5 Å². The third-order valence-corrected chi connectivity index (χ3v) is 5.12. The summed E-state index contributed by atoms with van der Waals surface area (Å²) in [5.41, 5.74) is 3.34. The first-order chi connectivity index (χ1) is 13.8. The highest BCUT2D eigenvalue weighted by atomic mass is 16.3. The highest BCUT2D eigenvalue weighted by molar-refractivity contribution is 5.79. The summed E-state index contributed by atoms with van der Waals surface area (Å²) in [6, 6.07) is 1.93. The average molecular weight is 378 g/mol. The summed E-state index contributed by atoms with van der Waals surface area (Å²) in [4.78, 5) is 20.4. The van der Waals surface area contributed by atoms with Gasteiger partial charge in [0.05, 0.1) is 23.8 Å². The molecule has 146 valence electrons. The van der Waals surface area contributed by atoms with Gasteiger partial charge in [0.1, 0.15) is 5.76 Å². The van der Waals surface area contributed by atoms with Crippen molar-refractivity contribution in [1.29, 1.82) is 0 Å². The molecule has 0 aromatic carbocycles. The van der Waals surface area contributed by atoms with Crippen molar-refractivity contribution in [1.82, 2.24) is 24.8 Å². The number of hydrogen-bond donors (Lipinski definition) is 1. The summed E-state index contributed by atoms with van der Waals surface area (Å²) < 4.78 is 5.49. The van der Waals surface area contributed by atoms with E-state index < -0.39 is 0 Å². The number of nitrogens with zero attached hydrogens (tertiary/aromatic N) is 5. The van der Waals surface area contributed by atoms with Gasteiger partial charge in [-0.3, -0.25) is 9.97 Å². The number of likely N-dealkylation sites (tertiary alicyclic amines) is 1. The Morgan fingerprint density at radius 1 is 1.07 bits per heavy atom. The smallest absolute Gasteiger partial charge is 0.223 e. The fourth-order valence-electron chi connectivity index (χ4n) is 3.61. The van der Waals surface area contributed by atoms with Crippen molar-refractivity contribution >= 4 is 5.95 Å². The van der Waals surface area contributed by atoms with Gasteiger partial charge in [-0.2, -0.15) is 0 Å². The normalized spacial score (nSPS) is 14.9. The number of hydrogen-bond acceptors (Lipinski definition) is 7. The molecule has 0 atom stereocenters. The third-order valence-electron chi connectivity index (χ3n) is 5.12. The van der Waals surface area contributed by atoms with Gasteiger partial charge in [-0.05, 0) is 51.9 Å². The molecular formula is C21H26N6O. The van der Waals surface area contributed by atoms with Gasteiger partial charge in [-0.1, -0.05) is 6.42 Å². The van der Waals surface area contributed by atoms with Gasteiger partial charge in [-0.15, -0.1) is 0 Å². The minimum absolute atomic E-state index is 0.627. The number of nitrogens with one attached hydrogen (secondary N) is 1. The summed E-state index contributed by atoms with van der Waals surface area (Å²) in [6.45, 7) is 6.37. The molecule has 0 amide bonds. The Kier molecular flexibility index (Phi) is 5.92. The number of aromatic nitrogens is 4. The summed E-state index contributed by atoms with van der Waals surface area (Å²) in [6.07, 6.45) is 13.7. The van der Waals surface area contributed by atoms with E-state index in [9.17, 15) is 0 Å². The molecule has 7 heteroatoms. The standard InChI is InChI=1S/C21H26N6O/c1-16-17(6-13-28-16)20-18(19-15-22-8-9-23-19)14-25-21(26-20)24-7-5-12-27-10-3-2-4-11-27/h6,8-9,13-15H,2-5,7,10-12H2,1H3,(H,24,25,26). The molecule has 1 aliphatic heterocycles. The average Bonchev–Trinajstić information content (AvgIpc) is 3.18. The molecular weight excluding hydrogens is 352 g/mol. The topological polar surface area (TPSA) is 80.0 Å². The lowest BCUT2D eigenvalue weighted by atomic mass is 10.1. The molecule has 1 aliphatic rings. The van der Waals surface area contributed by atoms with E-state index >= 15 is 0 Å². The summed E-state index contributed by atoms with van der Waals surface area (Å²) in [5, 5.41) is 3.37. The summed E-state index contributed by atoms with van der Waals surface area (Å²) >= 11 is 0. The summed E-state index contributed by atoms with van der Waals surface area (Å²) in [5.74, 6) is 1.45. The third kappa shape index (κ3) is 4.36. The zero-order chi connectivity index (χ0) is 19.2. The van der Waals surface area contributed by atoms with Crippen molar-refractivity contribution in [2.45, 2.75) is 32.6 Å². The SMILES string of the molecule is Cc1occc1-c1nc(NCCCN2CCCCC2)ncc1-c1cnccn1. The molecule has 1 saturated heterocycles. The van der Waals surface area contributed by atoms with Gasteiger partial charge < -0.3 is 14.6 Å². The first-order valence-electron chi connectivity index (χ1n) is 9.95. The number of piperidine rings is 1. The maximum atomic E-state index is 5.49. The van der Waals surface area contributed by atoms with E-state index in [0.717, 1.165) is 47.8 Å². The zero-order valence-corrected chi connectivity index (χ0v) is 16.3. The van der Waals surface area contributed by atoms with Crippen LogP contribution in [0.25, 0.3) is 22.5 Å². The quantitative estimate of drug-likeness (QED) is 0.627. The lowest BCUT2D eigenvalue weighted by molar-refractivity contribution is 0.228. The van der Waals surface area contributed by atoms with Crippen LogP contribution < -0.4 is 5.32 Å². The number of rotatable bonds is 7. The molecule has 3 aromatic heterocycles. The lowest BCUT2D eigenvalue weighted by Crippen LogP contribution is -2.31. The monoisotopic (exact) mass is 378 g/mol. The van der Waals surface area contributed by atoms with Crippen molar-refractivity contribution < 1.29 is 4.42 Å². The van der Waals surface area contributed by atoms with Gasteiger partial charge in [0.25, 0.3) is 0 Å². The molecule has 7 nitrogen and oxygen atoms in total. The van der Waals surface area contributed by atoms with Crippen molar-refractivity contribution in [3.05, 3.63) is 42.9 Å². The van der Waals surface area contributed by atoms with E-state index in [1.807, 2.05) is 19.2 Å². The van der Waals surface area contributed by atoms with Gasteiger partial charge in [-0.25, -0.2) is 9.97 Å². The Morgan fingerprint density at radius 3 is 2.71 bits per heavy atom. The Bertz CT molecular complexity index is 889. The van der Waals surface area contributed by atoms with E-state index in [4.69, 9.17) is 9.40 Å². The van der Waals surface area contributed by atoms with Crippen LogP contribution in [0, 0.1) is 6.92 Å². The second-order valence-corrected chi connectivity index (χ2v) is 7.12. The molecule has 0 spiro atoms. The molecule has 0 bridgehead atoms. The second-order valence-electron chi connectivity index (χ2n) is 7.12. The molecule has 4 rings (SSSR count). The van der Waals surface area contributed by atoms with Crippen molar-refractivity contribution in [3.63, 3.8) is 0 Å². The molecule has 1 N–H and O–H groups in total. The maximum Gasteiger partial charge on any atom is 0.223 e. The van der Waals surface area contributed by atoms with Crippen LogP contribution >= 0.6 is 0 Å². The molecule has 4 heterocycles. The van der Waals surface area contributed by atoms with Gasteiger partial charge in [0.2, 0.25) is 5.95 Å². The van der Waals surface area contributed by atoms with Crippen molar-refractivity contribution in [2.75, 3.05) is 31.5 Å². The number of anilines is 1. The number of furan rings is 1. The van der Waals surface area contributed by atoms with E-state index in [2.05, 4.69) is 25.2 Å². The molecule has 1 fully saturated rings. The Labute approximate surface area is 165 Å². The minimum atomic E-state index is 0.627. The highest BCUT2D eigenvalue weighted by Gasteiger charge is 2.16. The van der Waals surface area contributed by atoms with Gasteiger partial charge in [0.15, 0.2) is 0 Å². The van der Waals surface area contributed by atoms with Crippen LogP contribution in [0.3, 0.4) is 0 Å². The first-order valence-corrected chi connectivity index (χ1v) is 9.95. The largest absolute Gasteiger partial charge is 0.469 e. The fraction of sp³-hybridized carbons (Fsp3) is 0.429. The molecule has 0 radical (unpaired) electrons. The molecule has 28 heavy (non-hydrogen) atoms. The van der Waals surface area contributed by atoms with E-state index in [0.29, 0.717) is 5.95 Å².